The van der Waals surface area contributed by atoms with Gasteiger partial charge in [0.15, 0.2) is 0 Å². The van der Waals surface area contributed by atoms with Gasteiger partial charge in [-0.2, -0.15) is 0 Å². The molecule has 19 heavy (non-hydrogen) atoms. The Hall–Kier alpha value is -0.930. The summed E-state index contributed by atoms with van der Waals surface area (Å²) in [7, 11) is 0. The Morgan fingerprint density at radius 1 is 1.32 bits per heavy atom. The van der Waals surface area contributed by atoms with E-state index in [0.29, 0.717) is 5.41 Å². The third-order valence-corrected chi connectivity index (χ3v) is 4.03. The molecule has 1 unspecified atom stereocenters. The summed E-state index contributed by atoms with van der Waals surface area (Å²) >= 11 is 0. The predicted molar refractivity (Wildman–Crippen MR) is 77.4 cm³/mol. The van der Waals surface area contributed by atoms with Crippen LogP contribution in [0.5, 0.6) is 0 Å². The maximum Gasteiger partial charge on any atom is 0.123 e. The van der Waals surface area contributed by atoms with E-state index in [1.54, 1.807) is 12.1 Å². The molecule has 0 aliphatic carbocycles. The fourth-order valence-electron chi connectivity index (χ4n) is 2.93. The summed E-state index contributed by atoms with van der Waals surface area (Å²) in [5.41, 5.74) is 7.64. The Bertz CT molecular complexity index is 400. The third-order valence-electron chi connectivity index (χ3n) is 4.03. The van der Waals surface area contributed by atoms with Crippen LogP contribution in [0.1, 0.15) is 44.7 Å². The molecule has 2 nitrogen and oxygen atoms in total. The van der Waals surface area contributed by atoms with E-state index in [2.05, 4.69) is 18.7 Å². The quantitative estimate of drug-likeness (QED) is 0.903. The standard InChI is InChI=1S/C16H25FN2/c1-16(2)9-3-10-19(12-16)11-8-15(18)13-4-6-14(17)7-5-13/h4-7,15H,3,8-12,18H2,1-2H3. The molecule has 0 spiro atoms. The molecular weight excluding hydrogens is 239 g/mol. The van der Waals surface area contributed by atoms with Crippen LogP contribution < -0.4 is 5.73 Å². The van der Waals surface area contributed by atoms with E-state index in [-0.39, 0.29) is 11.9 Å². The summed E-state index contributed by atoms with van der Waals surface area (Å²) in [5, 5.41) is 0. The summed E-state index contributed by atoms with van der Waals surface area (Å²) in [6.07, 6.45) is 3.52. The van der Waals surface area contributed by atoms with E-state index in [1.165, 1.54) is 31.5 Å². The van der Waals surface area contributed by atoms with Gasteiger partial charge in [0.1, 0.15) is 5.82 Å². The lowest BCUT2D eigenvalue weighted by Gasteiger charge is -2.38. The summed E-state index contributed by atoms with van der Waals surface area (Å²) in [6, 6.07) is 6.56. The molecule has 0 bridgehead atoms. The second-order valence-corrected chi connectivity index (χ2v) is 6.49. The van der Waals surface area contributed by atoms with Crippen molar-refractivity contribution in [3.05, 3.63) is 35.6 Å². The van der Waals surface area contributed by atoms with E-state index in [9.17, 15) is 4.39 Å². The SMILES string of the molecule is CC1(C)CCCN(CCC(N)c2ccc(F)cc2)C1. The van der Waals surface area contributed by atoms with Gasteiger partial charge >= 0.3 is 0 Å². The largest absolute Gasteiger partial charge is 0.324 e. The molecule has 2 rings (SSSR count). The minimum absolute atomic E-state index is 0.00522. The van der Waals surface area contributed by atoms with Crippen LogP contribution >= 0.6 is 0 Å². The molecule has 1 aliphatic heterocycles. The lowest BCUT2D eigenvalue weighted by Crippen LogP contribution is -2.41. The molecule has 0 saturated carbocycles. The highest BCUT2D eigenvalue weighted by Gasteiger charge is 2.26. The zero-order valence-electron chi connectivity index (χ0n) is 12.0. The molecular formula is C16H25FN2. The zero-order valence-corrected chi connectivity index (χ0v) is 12.0. The van der Waals surface area contributed by atoms with Crippen LogP contribution in [0.15, 0.2) is 24.3 Å². The lowest BCUT2D eigenvalue weighted by atomic mass is 9.84. The smallest absolute Gasteiger partial charge is 0.123 e. The number of rotatable bonds is 4. The summed E-state index contributed by atoms with van der Waals surface area (Å²) < 4.78 is 12.9. The number of nitrogens with zero attached hydrogens (tertiary/aromatic N) is 1. The average Bonchev–Trinajstić information content (AvgIpc) is 2.36. The van der Waals surface area contributed by atoms with Gasteiger partial charge in [0.25, 0.3) is 0 Å². The van der Waals surface area contributed by atoms with Crippen LogP contribution in [-0.2, 0) is 0 Å². The van der Waals surface area contributed by atoms with Crippen molar-refractivity contribution in [1.29, 1.82) is 0 Å². The molecule has 2 N–H and O–H groups in total. The van der Waals surface area contributed by atoms with Crippen molar-refractivity contribution in [2.24, 2.45) is 11.1 Å². The molecule has 1 aromatic carbocycles. The maximum absolute atomic E-state index is 12.9. The van der Waals surface area contributed by atoms with Crippen molar-refractivity contribution >= 4 is 0 Å². The van der Waals surface area contributed by atoms with Gasteiger partial charge < -0.3 is 10.6 Å². The number of likely N-dealkylation sites (tertiary alicyclic amines) is 1. The Morgan fingerprint density at radius 2 is 2.00 bits per heavy atom. The van der Waals surface area contributed by atoms with Crippen molar-refractivity contribution < 1.29 is 4.39 Å². The maximum atomic E-state index is 12.9. The Labute approximate surface area is 115 Å². The highest BCUT2D eigenvalue weighted by Crippen LogP contribution is 2.28. The van der Waals surface area contributed by atoms with Crippen LogP contribution in [0, 0.1) is 11.2 Å². The molecule has 1 atom stereocenters. The first-order valence-electron chi connectivity index (χ1n) is 7.20. The summed E-state index contributed by atoms with van der Waals surface area (Å²) in [5.74, 6) is -0.200. The van der Waals surface area contributed by atoms with Crippen LogP contribution in [0.2, 0.25) is 0 Å². The number of hydrogen-bond acceptors (Lipinski definition) is 2. The number of hydrogen-bond donors (Lipinski definition) is 1. The zero-order chi connectivity index (χ0) is 13.9. The molecule has 1 aromatic rings. The second kappa shape index (κ2) is 6.02. The molecule has 1 aliphatic rings. The molecule has 0 radical (unpaired) electrons. The van der Waals surface area contributed by atoms with Gasteiger partial charge in [-0.15, -0.1) is 0 Å². The van der Waals surface area contributed by atoms with Crippen molar-refractivity contribution in [1.82, 2.24) is 4.90 Å². The normalized spacial score (nSPS) is 21.3. The van der Waals surface area contributed by atoms with Crippen LogP contribution in [-0.4, -0.2) is 24.5 Å². The average molecular weight is 264 g/mol. The molecule has 106 valence electrons. The van der Waals surface area contributed by atoms with Gasteiger partial charge in [0.05, 0.1) is 0 Å². The topological polar surface area (TPSA) is 29.3 Å². The number of piperidine rings is 1. The second-order valence-electron chi connectivity index (χ2n) is 6.49. The van der Waals surface area contributed by atoms with Gasteiger partial charge in [-0.05, 0) is 55.5 Å². The first kappa shape index (κ1) is 14.5. The Balaban J connectivity index is 1.83. The van der Waals surface area contributed by atoms with Gasteiger partial charge in [-0.1, -0.05) is 26.0 Å². The van der Waals surface area contributed by atoms with Crippen LogP contribution in [0.4, 0.5) is 4.39 Å². The van der Waals surface area contributed by atoms with Crippen molar-refractivity contribution in [3.63, 3.8) is 0 Å². The van der Waals surface area contributed by atoms with Crippen molar-refractivity contribution in [3.8, 4) is 0 Å². The Morgan fingerprint density at radius 3 is 2.63 bits per heavy atom. The first-order valence-corrected chi connectivity index (χ1v) is 7.20. The van der Waals surface area contributed by atoms with E-state index in [0.717, 1.165) is 25.1 Å². The highest BCUT2D eigenvalue weighted by atomic mass is 19.1. The lowest BCUT2D eigenvalue weighted by molar-refractivity contribution is 0.115. The minimum atomic E-state index is -0.200. The van der Waals surface area contributed by atoms with Gasteiger partial charge in [-0.3, -0.25) is 0 Å². The van der Waals surface area contributed by atoms with E-state index >= 15 is 0 Å². The number of nitrogens with two attached hydrogens (primary N) is 1. The molecule has 0 aromatic heterocycles. The minimum Gasteiger partial charge on any atom is -0.324 e. The van der Waals surface area contributed by atoms with Gasteiger partial charge in [-0.25, -0.2) is 4.39 Å². The van der Waals surface area contributed by atoms with Gasteiger partial charge in [0, 0.05) is 12.6 Å². The van der Waals surface area contributed by atoms with Crippen LogP contribution in [0.3, 0.4) is 0 Å². The fourth-order valence-corrected chi connectivity index (χ4v) is 2.93. The summed E-state index contributed by atoms with van der Waals surface area (Å²) in [4.78, 5) is 2.51. The van der Waals surface area contributed by atoms with Crippen molar-refractivity contribution in [2.75, 3.05) is 19.6 Å². The molecule has 0 amide bonds. The fraction of sp³-hybridized carbons (Fsp3) is 0.625. The predicted octanol–water partition coefficient (Wildman–Crippen LogP) is 3.34. The Kier molecular flexibility index (Phi) is 4.58. The monoisotopic (exact) mass is 264 g/mol. The van der Waals surface area contributed by atoms with E-state index in [1.807, 2.05) is 0 Å². The number of benzene rings is 1. The molecule has 1 fully saturated rings. The summed E-state index contributed by atoms with van der Waals surface area (Å²) in [6.45, 7) is 8.03. The molecule has 1 saturated heterocycles. The molecule has 3 heteroatoms. The van der Waals surface area contributed by atoms with E-state index in [4.69, 9.17) is 5.73 Å². The first-order chi connectivity index (χ1) is 8.96. The van der Waals surface area contributed by atoms with Crippen LogP contribution in [0.25, 0.3) is 0 Å². The molecule has 1 heterocycles. The number of halogens is 1. The third kappa shape index (κ3) is 4.29. The highest BCUT2D eigenvalue weighted by molar-refractivity contribution is 5.19. The van der Waals surface area contributed by atoms with Crippen molar-refractivity contribution in [2.45, 2.75) is 39.2 Å². The van der Waals surface area contributed by atoms with Gasteiger partial charge in [0.2, 0.25) is 0 Å². The van der Waals surface area contributed by atoms with E-state index < -0.39 is 0 Å².